The number of hydrogen-bond acceptors (Lipinski definition) is 14. The fourth-order valence-corrected chi connectivity index (χ4v) is 4.95. The van der Waals surface area contributed by atoms with E-state index in [1.165, 1.54) is 12.1 Å². The van der Waals surface area contributed by atoms with Crippen LogP contribution in [0, 0.1) is 40.5 Å². The van der Waals surface area contributed by atoms with Gasteiger partial charge in [0, 0.05) is 12.1 Å². The largest absolute Gasteiger partial charge is 0.494 e. The van der Waals surface area contributed by atoms with Gasteiger partial charge in [0.15, 0.2) is 0 Å². The van der Waals surface area contributed by atoms with E-state index >= 15 is 0 Å². The molecular weight excluding hydrogens is 680 g/mol. The van der Waals surface area contributed by atoms with Crippen LogP contribution in [0.25, 0.3) is 0 Å². The molecule has 0 aliphatic carbocycles. The molecule has 18 heteroatoms. The minimum atomic E-state index is -0.734. The van der Waals surface area contributed by atoms with Gasteiger partial charge in [0.1, 0.15) is 22.9 Å². The first kappa shape index (κ1) is 37.8. The lowest BCUT2D eigenvalue weighted by Gasteiger charge is -2.12. The van der Waals surface area contributed by atoms with Crippen LogP contribution in [-0.4, -0.2) is 44.3 Å². The molecule has 0 unspecified atom stereocenters. The molecule has 0 spiro atoms. The molecule has 0 amide bonds. The van der Waals surface area contributed by atoms with Crippen LogP contribution in [0.1, 0.15) is 50.7 Å². The van der Waals surface area contributed by atoms with Crippen molar-refractivity contribution in [3.05, 3.63) is 137 Å². The number of ether oxygens (including phenoxy) is 2. The van der Waals surface area contributed by atoms with E-state index < -0.39 is 42.4 Å². The molecule has 0 bridgehead atoms. The van der Waals surface area contributed by atoms with Gasteiger partial charge in [-0.2, -0.15) is 10.2 Å². The van der Waals surface area contributed by atoms with Crippen LogP contribution in [0.15, 0.2) is 95.1 Å². The topological polar surface area (TPSA) is 240 Å². The highest BCUT2D eigenvalue weighted by Gasteiger charge is 2.21. The van der Waals surface area contributed by atoms with Crippen molar-refractivity contribution >= 4 is 45.5 Å². The van der Waals surface area contributed by atoms with Gasteiger partial charge in [0.2, 0.25) is 0 Å². The van der Waals surface area contributed by atoms with E-state index in [1.54, 1.807) is 48.5 Å². The molecule has 0 saturated carbocycles. The Morgan fingerprint density at radius 3 is 1.23 bits per heavy atom. The van der Waals surface area contributed by atoms with Crippen LogP contribution in [0.5, 0.6) is 11.5 Å². The summed E-state index contributed by atoms with van der Waals surface area (Å²) >= 11 is 0. The Morgan fingerprint density at radius 2 is 0.923 bits per heavy atom. The lowest BCUT2D eigenvalue weighted by atomic mass is 10.0. The van der Waals surface area contributed by atoms with Crippen molar-refractivity contribution in [2.24, 2.45) is 10.2 Å². The summed E-state index contributed by atoms with van der Waals surface area (Å²) in [5.41, 5.74) is 5.93. The maximum absolute atomic E-state index is 11.7. The maximum Gasteiger partial charge on any atom is 0.301 e. The Kier molecular flexibility index (Phi) is 13.2. The van der Waals surface area contributed by atoms with Crippen molar-refractivity contribution < 1.29 is 29.2 Å². The van der Waals surface area contributed by atoms with Crippen molar-refractivity contribution in [3.8, 4) is 11.5 Å². The second-order valence-corrected chi connectivity index (χ2v) is 10.9. The van der Waals surface area contributed by atoms with E-state index in [0.29, 0.717) is 72.9 Å². The van der Waals surface area contributed by atoms with Gasteiger partial charge < -0.3 is 9.47 Å². The molecule has 0 aromatic heterocycles. The number of benzene rings is 4. The number of nitro benzene ring substituents is 4. The normalized spacial score (nSPS) is 11.4. The quantitative estimate of drug-likeness (QED) is 0.0406. The first-order chi connectivity index (χ1) is 25.0. The average Bonchev–Trinajstić information content (AvgIpc) is 3.13. The smallest absolute Gasteiger partial charge is 0.301 e. The zero-order valence-corrected chi connectivity index (χ0v) is 28.1. The van der Waals surface area contributed by atoms with Gasteiger partial charge in [-0.3, -0.25) is 51.3 Å². The molecule has 0 radical (unpaired) electrons. The number of nitrogens with one attached hydrogen (secondary N) is 2. The van der Waals surface area contributed by atoms with E-state index in [9.17, 15) is 40.5 Å². The highest BCUT2D eigenvalue weighted by Crippen LogP contribution is 2.31. The molecule has 18 nitrogen and oxygen atoms in total. The number of non-ortho nitro benzene ring substituents is 2. The Bertz CT molecular complexity index is 1840. The molecule has 52 heavy (non-hydrogen) atoms. The third-order valence-corrected chi connectivity index (χ3v) is 7.47. The minimum absolute atomic E-state index is 0.0321. The van der Waals surface area contributed by atoms with Gasteiger partial charge in [-0.25, -0.2) is 0 Å². The number of hydrazone groups is 2. The van der Waals surface area contributed by atoms with Crippen LogP contribution in [0.2, 0.25) is 0 Å². The summed E-state index contributed by atoms with van der Waals surface area (Å²) in [4.78, 5) is 42.8. The Morgan fingerprint density at radius 1 is 0.558 bits per heavy atom. The molecule has 0 aliphatic rings. The van der Waals surface area contributed by atoms with Crippen LogP contribution >= 0.6 is 0 Å². The molecule has 0 fully saturated rings. The van der Waals surface area contributed by atoms with Crippen molar-refractivity contribution in [2.75, 3.05) is 24.1 Å². The maximum atomic E-state index is 11.7. The molecule has 2 N–H and O–H groups in total. The van der Waals surface area contributed by atoms with Crippen molar-refractivity contribution in [3.63, 3.8) is 0 Å². The highest BCUT2D eigenvalue weighted by atomic mass is 16.6. The van der Waals surface area contributed by atoms with Gasteiger partial charge in [-0.1, -0.05) is 0 Å². The van der Waals surface area contributed by atoms with E-state index in [-0.39, 0.29) is 11.4 Å². The standard InChI is InChI=1S/C34H34N8O10/c1-3-51-27-15-9-23(10-16-27)29(35-37-31-19-13-25(39(43)44)21-33(31)41(47)48)7-5-6-8-30(24-11-17-28(18-12-24)52-4-2)36-38-32-20-14-26(40(45)46)22-34(32)42(49)50/h9-22,37-38H,3-8H2,1-2H3. The van der Waals surface area contributed by atoms with Crippen molar-refractivity contribution in [2.45, 2.75) is 39.5 Å². The van der Waals surface area contributed by atoms with E-state index in [2.05, 4.69) is 21.1 Å². The van der Waals surface area contributed by atoms with Crippen LogP contribution in [0.3, 0.4) is 0 Å². The monoisotopic (exact) mass is 714 g/mol. The zero-order valence-electron chi connectivity index (χ0n) is 28.1. The average molecular weight is 715 g/mol. The number of hydrogen-bond donors (Lipinski definition) is 2. The Hall–Kier alpha value is -6.98. The molecular formula is C34H34N8O10. The summed E-state index contributed by atoms with van der Waals surface area (Å²) in [5.74, 6) is 1.28. The Labute approximate surface area is 296 Å². The van der Waals surface area contributed by atoms with E-state index in [1.807, 2.05) is 13.8 Å². The highest BCUT2D eigenvalue weighted by molar-refractivity contribution is 6.02. The number of nitrogens with zero attached hydrogens (tertiary/aromatic N) is 6. The van der Waals surface area contributed by atoms with Gasteiger partial charge in [-0.15, -0.1) is 0 Å². The second kappa shape index (κ2) is 18.1. The summed E-state index contributed by atoms with van der Waals surface area (Å²) in [7, 11) is 0. The minimum Gasteiger partial charge on any atom is -0.494 e. The van der Waals surface area contributed by atoms with Gasteiger partial charge >= 0.3 is 11.4 Å². The number of anilines is 2. The SMILES string of the molecule is CCOc1ccc(C(CCCCC(=NNc2ccc([N+](=O)[O-])cc2[N+](=O)[O-])c2ccc(OCC)cc2)=NNc2ccc([N+](=O)[O-])cc2[N+](=O)[O-])cc1. The molecule has 4 rings (SSSR count). The fourth-order valence-electron chi connectivity index (χ4n) is 4.95. The van der Waals surface area contributed by atoms with Crippen LogP contribution in [0.4, 0.5) is 34.1 Å². The summed E-state index contributed by atoms with van der Waals surface area (Å²) in [6.07, 6.45) is 1.87. The molecule has 270 valence electrons. The molecule has 0 aliphatic heterocycles. The van der Waals surface area contributed by atoms with Crippen molar-refractivity contribution in [1.82, 2.24) is 0 Å². The van der Waals surface area contributed by atoms with Crippen LogP contribution < -0.4 is 20.3 Å². The Balaban J connectivity index is 1.59. The van der Waals surface area contributed by atoms with Gasteiger partial charge in [0.25, 0.3) is 11.4 Å². The summed E-state index contributed by atoms with van der Waals surface area (Å²) in [6.45, 7) is 4.65. The molecule has 0 heterocycles. The van der Waals surface area contributed by atoms with E-state index in [4.69, 9.17) is 9.47 Å². The fraction of sp³-hybridized carbons (Fsp3) is 0.235. The molecule has 4 aromatic carbocycles. The third-order valence-electron chi connectivity index (χ3n) is 7.47. The van der Waals surface area contributed by atoms with E-state index in [0.717, 1.165) is 24.3 Å². The predicted molar refractivity (Wildman–Crippen MR) is 194 cm³/mol. The lowest BCUT2D eigenvalue weighted by molar-refractivity contribution is -0.393. The number of nitro groups is 4. The predicted octanol–water partition coefficient (Wildman–Crippen LogP) is 8.01. The van der Waals surface area contributed by atoms with Gasteiger partial charge in [-0.05, 0) is 111 Å². The van der Waals surface area contributed by atoms with Crippen LogP contribution in [-0.2, 0) is 0 Å². The molecule has 0 atom stereocenters. The number of unbranched alkanes of at least 4 members (excludes halogenated alkanes) is 1. The molecule has 4 aromatic rings. The summed E-state index contributed by atoms with van der Waals surface area (Å²) < 4.78 is 11.1. The first-order valence-corrected chi connectivity index (χ1v) is 16.0. The third kappa shape index (κ3) is 10.3. The summed E-state index contributed by atoms with van der Waals surface area (Å²) in [6, 6.07) is 20.7. The second-order valence-electron chi connectivity index (χ2n) is 10.9. The summed E-state index contributed by atoms with van der Waals surface area (Å²) in [5, 5.41) is 54.7. The molecule has 0 saturated heterocycles. The lowest BCUT2D eigenvalue weighted by Crippen LogP contribution is -2.08. The number of rotatable bonds is 19. The first-order valence-electron chi connectivity index (χ1n) is 16.0. The van der Waals surface area contributed by atoms with Crippen molar-refractivity contribution in [1.29, 1.82) is 0 Å². The zero-order chi connectivity index (χ0) is 37.6. The van der Waals surface area contributed by atoms with Gasteiger partial charge in [0.05, 0.1) is 56.5 Å².